The van der Waals surface area contributed by atoms with E-state index in [1.54, 1.807) is 36.4 Å². The molecule has 0 saturated carbocycles. The molecule has 0 spiro atoms. The van der Waals surface area contributed by atoms with Gasteiger partial charge >= 0.3 is 0 Å². The Morgan fingerprint density at radius 1 is 0.667 bits per heavy atom. The fraction of sp³-hybridized carbons (Fsp3) is 0. The summed E-state index contributed by atoms with van der Waals surface area (Å²) in [5, 5.41) is 2.50. The molecule has 102 valence electrons. The van der Waals surface area contributed by atoms with Gasteiger partial charge in [0.1, 0.15) is 0 Å². The third-order valence-corrected chi connectivity index (χ3v) is 3.58. The number of halogens is 1. The minimum atomic E-state index is -0.526. The topological polar surface area (TPSA) is 34.1 Å². The van der Waals surface area contributed by atoms with Crippen molar-refractivity contribution in [3.63, 3.8) is 0 Å². The zero-order chi connectivity index (χ0) is 14.8. The van der Waals surface area contributed by atoms with Crippen LogP contribution in [-0.4, -0.2) is 11.6 Å². The van der Waals surface area contributed by atoms with E-state index in [2.05, 4.69) is 0 Å². The molecule has 3 aromatic rings. The fourth-order valence-electron chi connectivity index (χ4n) is 2.19. The molecule has 0 heterocycles. The Labute approximate surface area is 127 Å². The average Bonchev–Trinajstić information content (AvgIpc) is 2.54. The first kappa shape index (κ1) is 13.5. The number of fused-ring (bicyclic) bond motifs is 1. The molecule has 0 N–H and O–H groups in total. The summed E-state index contributed by atoms with van der Waals surface area (Å²) in [4.78, 5) is 24.5. The summed E-state index contributed by atoms with van der Waals surface area (Å²) < 4.78 is 0. The Balaban J connectivity index is 1.96. The fourth-order valence-corrected chi connectivity index (χ4v) is 2.32. The van der Waals surface area contributed by atoms with Crippen LogP contribution in [0.15, 0.2) is 66.7 Å². The minimum absolute atomic E-state index is 0.345. The number of carbonyl (C=O) groups is 2. The van der Waals surface area contributed by atoms with Gasteiger partial charge in [0.15, 0.2) is 0 Å². The van der Waals surface area contributed by atoms with Gasteiger partial charge in [-0.15, -0.1) is 0 Å². The van der Waals surface area contributed by atoms with Gasteiger partial charge in [0, 0.05) is 16.1 Å². The standard InChI is InChI=1S/C18H11ClO2/c19-16-9-7-13(8-10-16)17(20)18(21)15-6-5-12-3-1-2-4-14(12)11-15/h1-11H. The van der Waals surface area contributed by atoms with Gasteiger partial charge in [-0.05, 0) is 41.1 Å². The molecule has 0 aliphatic rings. The van der Waals surface area contributed by atoms with Crippen molar-refractivity contribution < 1.29 is 9.59 Å². The first-order valence-corrected chi connectivity index (χ1v) is 6.86. The molecule has 0 saturated heterocycles. The van der Waals surface area contributed by atoms with Crippen molar-refractivity contribution in [2.75, 3.05) is 0 Å². The van der Waals surface area contributed by atoms with Crippen LogP contribution in [0, 0.1) is 0 Å². The molecule has 21 heavy (non-hydrogen) atoms. The number of ketones is 2. The quantitative estimate of drug-likeness (QED) is 0.524. The third-order valence-electron chi connectivity index (χ3n) is 3.32. The summed E-state index contributed by atoms with van der Waals surface area (Å²) in [6, 6.07) is 19.3. The Hall–Kier alpha value is -2.45. The molecule has 2 nitrogen and oxygen atoms in total. The molecule has 0 radical (unpaired) electrons. The van der Waals surface area contributed by atoms with Gasteiger partial charge in [-0.2, -0.15) is 0 Å². The number of hydrogen-bond donors (Lipinski definition) is 0. The second-order valence-corrected chi connectivity index (χ2v) is 5.16. The van der Waals surface area contributed by atoms with Crippen LogP contribution in [0.4, 0.5) is 0 Å². The van der Waals surface area contributed by atoms with Crippen LogP contribution in [0.1, 0.15) is 20.7 Å². The number of carbonyl (C=O) groups excluding carboxylic acids is 2. The van der Waals surface area contributed by atoms with E-state index in [0.717, 1.165) is 10.8 Å². The summed E-state index contributed by atoms with van der Waals surface area (Å²) in [5.74, 6) is -1.04. The van der Waals surface area contributed by atoms with E-state index < -0.39 is 11.6 Å². The molecule has 0 amide bonds. The van der Waals surface area contributed by atoms with E-state index >= 15 is 0 Å². The van der Waals surface area contributed by atoms with Gasteiger partial charge < -0.3 is 0 Å². The van der Waals surface area contributed by atoms with Gasteiger partial charge in [-0.1, -0.05) is 48.0 Å². The summed E-state index contributed by atoms with van der Waals surface area (Å²) in [6.45, 7) is 0. The Morgan fingerprint density at radius 3 is 1.95 bits per heavy atom. The van der Waals surface area contributed by atoms with E-state index in [-0.39, 0.29) is 0 Å². The lowest BCUT2D eigenvalue weighted by Gasteiger charge is -2.03. The lowest BCUT2D eigenvalue weighted by atomic mass is 9.99. The Bertz CT molecular complexity index is 835. The zero-order valence-electron chi connectivity index (χ0n) is 11.0. The minimum Gasteiger partial charge on any atom is -0.285 e. The molecular formula is C18H11ClO2. The molecule has 0 unspecified atom stereocenters. The highest BCUT2D eigenvalue weighted by Gasteiger charge is 2.18. The van der Waals surface area contributed by atoms with Gasteiger partial charge in [-0.3, -0.25) is 9.59 Å². The highest BCUT2D eigenvalue weighted by molar-refractivity contribution is 6.49. The van der Waals surface area contributed by atoms with Gasteiger partial charge in [-0.25, -0.2) is 0 Å². The number of benzene rings is 3. The number of Topliss-reactive ketones (excluding diaryl/α,β-unsaturated/α-hetero) is 2. The normalized spacial score (nSPS) is 10.5. The van der Waals surface area contributed by atoms with Crippen molar-refractivity contribution in [3.8, 4) is 0 Å². The van der Waals surface area contributed by atoms with Crippen LogP contribution in [0.25, 0.3) is 10.8 Å². The molecule has 0 bridgehead atoms. The van der Waals surface area contributed by atoms with Crippen LogP contribution >= 0.6 is 11.6 Å². The molecule has 3 heteroatoms. The highest BCUT2D eigenvalue weighted by atomic mass is 35.5. The van der Waals surface area contributed by atoms with Crippen LogP contribution in [-0.2, 0) is 0 Å². The summed E-state index contributed by atoms with van der Waals surface area (Å²) >= 11 is 5.78. The summed E-state index contributed by atoms with van der Waals surface area (Å²) in [5.41, 5.74) is 0.742. The van der Waals surface area contributed by atoms with Crippen molar-refractivity contribution in [1.29, 1.82) is 0 Å². The second-order valence-electron chi connectivity index (χ2n) is 4.73. The average molecular weight is 295 g/mol. The molecule has 3 rings (SSSR count). The Kier molecular flexibility index (Phi) is 3.55. The number of rotatable bonds is 3. The lowest BCUT2D eigenvalue weighted by Crippen LogP contribution is -2.14. The van der Waals surface area contributed by atoms with Crippen molar-refractivity contribution in [2.45, 2.75) is 0 Å². The van der Waals surface area contributed by atoms with E-state index in [9.17, 15) is 9.59 Å². The number of hydrogen-bond acceptors (Lipinski definition) is 2. The van der Waals surface area contributed by atoms with E-state index in [1.165, 1.54) is 0 Å². The van der Waals surface area contributed by atoms with Gasteiger partial charge in [0.2, 0.25) is 11.6 Å². The van der Waals surface area contributed by atoms with Crippen molar-refractivity contribution in [3.05, 3.63) is 82.9 Å². The molecule has 0 fully saturated rings. The highest BCUT2D eigenvalue weighted by Crippen LogP contribution is 2.18. The third kappa shape index (κ3) is 2.71. The van der Waals surface area contributed by atoms with Crippen LogP contribution in [0.3, 0.4) is 0 Å². The van der Waals surface area contributed by atoms with Crippen LogP contribution in [0.2, 0.25) is 5.02 Å². The van der Waals surface area contributed by atoms with Gasteiger partial charge in [0.25, 0.3) is 0 Å². The molecule has 0 aliphatic carbocycles. The molecule has 0 aromatic heterocycles. The predicted octanol–water partition coefficient (Wildman–Crippen LogP) is 4.56. The zero-order valence-corrected chi connectivity index (χ0v) is 11.8. The second kappa shape index (κ2) is 5.51. The SMILES string of the molecule is O=C(C(=O)c1ccc2ccccc2c1)c1ccc(Cl)cc1. The smallest absolute Gasteiger partial charge is 0.233 e. The van der Waals surface area contributed by atoms with Gasteiger partial charge in [0.05, 0.1) is 0 Å². The first-order valence-electron chi connectivity index (χ1n) is 6.48. The molecule has 3 aromatic carbocycles. The van der Waals surface area contributed by atoms with Crippen LogP contribution in [0.5, 0.6) is 0 Å². The maximum Gasteiger partial charge on any atom is 0.233 e. The maximum atomic E-state index is 12.3. The molecule has 0 aliphatic heterocycles. The maximum absolute atomic E-state index is 12.3. The molecule has 0 atom stereocenters. The van der Waals surface area contributed by atoms with Crippen LogP contribution < -0.4 is 0 Å². The van der Waals surface area contributed by atoms with E-state index in [4.69, 9.17) is 11.6 Å². The van der Waals surface area contributed by atoms with E-state index in [0.29, 0.717) is 16.1 Å². The molecular weight excluding hydrogens is 284 g/mol. The van der Waals surface area contributed by atoms with Crippen molar-refractivity contribution in [2.24, 2.45) is 0 Å². The predicted molar refractivity (Wildman–Crippen MR) is 84.1 cm³/mol. The first-order chi connectivity index (χ1) is 10.1. The van der Waals surface area contributed by atoms with Crippen molar-refractivity contribution >= 4 is 33.9 Å². The summed E-state index contributed by atoms with van der Waals surface area (Å²) in [6.07, 6.45) is 0. The van der Waals surface area contributed by atoms with Crippen molar-refractivity contribution in [1.82, 2.24) is 0 Å². The largest absolute Gasteiger partial charge is 0.285 e. The lowest BCUT2D eigenvalue weighted by molar-refractivity contribution is 0.0817. The summed E-state index contributed by atoms with van der Waals surface area (Å²) in [7, 11) is 0. The Morgan fingerprint density at radius 2 is 1.24 bits per heavy atom. The monoisotopic (exact) mass is 294 g/mol. The van der Waals surface area contributed by atoms with E-state index in [1.807, 2.05) is 30.3 Å².